The van der Waals surface area contributed by atoms with Gasteiger partial charge in [0.15, 0.2) is 0 Å². The summed E-state index contributed by atoms with van der Waals surface area (Å²) >= 11 is 0. The van der Waals surface area contributed by atoms with E-state index in [1.807, 2.05) is 0 Å². The molecule has 3 rings (SSSR count). The van der Waals surface area contributed by atoms with Gasteiger partial charge < -0.3 is 4.90 Å². The van der Waals surface area contributed by atoms with Crippen LogP contribution in [0.2, 0.25) is 0 Å². The molecule has 1 aliphatic heterocycles. The molecule has 3 aliphatic rings. The van der Waals surface area contributed by atoms with Crippen LogP contribution in [0.25, 0.3) is 0 Å². The summed E-state index contributed by atoms with van der Waals surface area (Å²) in [7, 11) is 0. The van der Waals surface area contributed by atoms with Gasteiger partial charge in [0.1, 0.15) is 0 Å². The standard InChI is InChI=1S/C13H21NO/c1-10-8-13(10)6-2-4-11(9-13)14-7-3-5-12(14)15/h10-11H,2-9H2,1H3/t10-,11?,13-/m1/s1. The highest BCUT2D eigenvalue weighted by Crippen LogP contribution is 2.61. The van der Waals surface area contributed by atoms with E-state index in [2.05, 4.69) is 11.8 Å². The lowest BCUT2D eigenvalue weighted by atomic mass is 9.81. The normalized spacial score (nSPS) is 45.1. The molecule has 0 aromatic rings. The summed E-state index contributed by atoms with van der Waals surface area (Å²) in [6.07, 6.45) is 8.66. The third kappa shape index (κ3) is 1.49. The molecule has 0 bridgehead atoms. The van der Waals surface area contributed by atoms with Gasteiger partial charge in [0, 0.05) is 19.0 Å². The van der Waals surface area contributed by atoms with Crippen molar-refractivity contribution in [2.45, 2.75) is 57.9 Å². The molecule has 0 N–H and O–H groups in total. The molecule has 3 atom stereocenters. The van der Waals surface area contributed by atoms with Crippen LogP contribution < -0.4 is 0 Å². The lowest BCUT2D eigenvalue weighted by Gasteiger charge is -2.36. The predicted octanol–water partition coefficient (Wildman–Crippen LogP) is 2.58. The van der Waals surface area contributed by atoms with E-state index in [1.165, 1.54) is 32.1 Å². The molecule has 1 amide bonds. The van der Waals surface area contributed by atoms with Crippen molar-refractivity contribution in [3.63, 3.8) is 0 Å². The average molecular weight is 207 g/mol. The summed E-state index contributed by atoms with van der Waals surface area (Å²) in [5.41, 5.74) is 0.659. The van der Waals surface area contributed by atoms with Crippen LogP contribution in [0.1, 0.15) is 51.9 Å². The first kappa shape index (κ1) is 9.68. The van der Waals surface area contributed by atoms with Crippen LogP contribution in [0, 0.1) is 11.3 Å². The number of rotatable bonds is 1. The molecule has 2 aliphatic carbocycles. The molecular formula is C13H21NO. The zero-order chi connectivity index (χ0) is 10.5. The van der Waals surface area contributed by atoms with Gasteiger partial charge in [0.25, 0.3) is 0 Å². The molecule has 84 valence electrons. The Kier molecular flexibility index (Phi) is 2.08. The van der Waals surface area contributed by atoms with Crippen LogP contribution in [0.4, 0.5) is 0 Å². The van der Waals surface area contributed by atoms with Crippen LogP contribution in [0.3, 0.4) is 0 Å². The van der Waals surface area contributed by atoms with Gasteiger partial charge in [-0.05, 0) is 43.4 Å². The molecule has 1 heterocycles. The van der Waals surface area contributed by atoms with E-state index in [4.69, 9.17) is 0 Å². The number of amides is 1. The number of hydrogen-bond donors (Lipinski definition) is 0. The van der Waals surface area contributed by atoms with Crippen molar-refractivity contribution in [1.82, 2.24) is 4.90 Å². The largest absolute Gasteiger partial charge is 0.340 e. The quantitative estimate of drug-likeness (QED) is 0.647. The van der Waals surface area contributed by atoms with E-state index in [0.29, 0.717) is 17.4 Å². The van der Waals surface area contributed by atoms with Crippen LogP contribution in [0.5, 0.6) is 0 Å². The van der Waals surface area contributed by atoms with Crippen LogP contribution in [-0.4, -0.2) is 23.4 Å². The van der Waals surface area contributed by atoms with Crippen molar-refractivity contribution in [2.75, 3.05) is 6.54 Å². The summed E-state index contributed by atoms with van der Waals surface area (Å²) in [6.45, 7) is 3.42. The second-order valence-electron chi connectivity index (χ2n) is 5.91. The fourth-order valence-corrected chi connectivity index (χ4v) is 3.87. The molecule has 0 aromatic carbocycles. The van der Waals surface area contributed by atoms with Gasteiger partial charge in [-0.25, -0.2) is 0 Å². The Hall–Kier alpha value is -0.530. The summed E-state index contributed by atoms with van der Waals surface area (Å²) in [4.78, 5) is 13.9. The minimum atomic E-state index is 0.422. The maximum absolute atomic E-state index is 11.7. The van der Waals surface area contributed by atoms with Crippen molar-refractivity contribution >= 4 is 5.91 Å². The number of likely N-dealkylation sites (tertiary alicyclic amines) is 1. The van der Waals surface area contributed by atoms with Crippen LogP contribution in [-0.2, 0) is 4.79 Å². The van der Waals surface area contributed by atoms with Gasteiger partial charge >= 0.3 is 0 Å². The minimum absolute atomic E-state index is 0.422. The minimum Gasteiger partial charge on any atom is -0.340 e. The monoisotopic (exact) mass is 207 g/mol. The fraction of sp³-hybridized carbons (Fsp3) is 0.923. The molecule has 0 aromatic heterocycles. The first-order chi connectivity index (χ1) is 7.21. The molecule has 1 unspecified atom stereocenters. The maximum Gasteiger partial charge on any atom is 0.222 e. The van der Waals surface area contributed by atoms with Gasteiger partial charge in [-0.2, -0.15) is 0 Å². The smallest absolute Gasteiger partial charge is 0.222 e. The average Bonchev–Trinajstić information content (AvgIpc) is 2.64. The Morgan fingerprint density at radius 3 is 2.73 bits per heavy atom. The number of hydrogen-bond acceptors (Lipinski definition) is 1. The van der Waals surface area contributed by atoms with E-state index in [-0.39, 0.29) is 0 Å². The Morgan fingerprint density at radius 1 is 1.33 bits per heavy atom. The highest BCUT2D eigenvalue weighted by Gasteiger charge is 2.53. The zero-order valence-corrected chi connectivity index (χ0v) is 9.67. The van der Waals surface area contributed by atoms with Gasteiger partial charge in [0.05, 0.1) is 0 Å². The molecule has 2 saturated carbocycles. The van der Waals surface area contributed by atoms with Gasteiger partial charge in [-0.1, -0.05) is 13.3 Å². The molecule has 2 heteroatoms. The third-order valence-corrected chi connectivity index (χ3v) is 5.00. The molecular weight excluding hydrogens is 186 g/mol. The summed E-state index contributed by atoms with van der Waals surface area (Å²) < 4.78 is 0. The third-order valence-electron chi connectivity index (χ3n) is 5.00. The lowest BCUT2D eigenvalue weighted by molar-refractivity contribution is -0.130. The lowest BCUT2D eigenvalue weighted by Crippen LogP contribution is -2.40. The van der Waals surface area contributed by atoms with Crippen molar-refractivity contribution < 1.29 is 4.79 Å². The van der Waals surface area contributed by atoms with Gasteiger partial charge in [-0.3, -0.25) is 4.79 Å². The molecule has 1 spiro atoms. The van der Waals surface area contributed by atoms with Gasteiger partial charge in [0.2, 0.25) is 5.91 Å². The molecule has 1 saturated heterocycles. The van der Waals surface area contributed by atoms with Crippen molar-refractivity contribution in [3.8, 4) is 0 Å². The topological polar surface area (TPSA) is 20.3 Å². The SMILES string of the molecule is C[C@@H]1C[C@@]12CCCC(N1CCCC1=O)C2. The summed E-state index contributed by atoms with van der Waals surface area (Å²) in [6, 6.07) is 0.596. The molecule has 3 fully saturated rings. The summed E-state index contributed by atoms with van der Waals surface area (Å²) in [5, 5.41) is 0. The number of carbonyl (C=O) groups is 1. The Bertz CT molecular complexity index is 288. The van der Waals surface area contributed by atoms with E-state index < -0.39 is 0 Å². The highest BCUT2D eigenvalue weighted by molar-refractivity contribution is 5.78. The van der Waals surface area contributed by atoms with E-state index in [9.17, 15) is 4.79 Å². The number of carbonyl (C=O) groups excluding carboxylic acids is 1. The molecule has 0 radical (unpaired) electrons. The molecule has 2 nitrogen and oxygen atoms in total. The van der Waals surface area contributed by atoms with Crippen molar-refractivity contribution in [2.24, 2.45) is 11.3 Å². The first-order valence-corrected chi connectivity index (χ1v) is 6.51. The maximum atomic E-state index is 11.7. The van der Waals surface area contributed by atoms with E-state index in [1.54, 1.807) is 0 Å². The van der Waals surface area contributed by atoms with Gasteiger partial charge in [-0.15, -0.1) is 0 Å². The Balaban J connectivity index is 1.69. The first-order valence-electron chi connectivity index (χ1n) is 6.51. The van der Waals surface area contributed by atoms with Crippen LogP contribution in [0.15, 0.2) is 0 Å². The Labute approximate surface area is 92.0 Å². The Morgan fingerprint density at radius 2 is 2.13 bits per heavy atom. The number of nitrogens with zero attached hydrogens (tertiary/aromatic N) is 1. The molecule has 15 heavy (non-hydrogen) atoms. The second kappa shape index (κ2) is 3.23. The predicted molar refractivity (Wildman–Crippen MR) is 59.4 cm³/mol. The van der Waals surface area contributed by atoms with Crippen molar-refractivity contribution in [1.29, 1.82) is 0 Å². The van der Waals surface area contributed by atoms with E-state index in [0.717, 1.165) is 25.3 Å². The summed E-state index contributed by atoms with van der Waals surface area (Å²) in [5.74, 6) is 1.35. The second-order valence-corrected chi connectivity index (χ2v) is 5.91. The highest BCUT2D eigenvalue weighted by atomic mass is 16.2. The zero-order valence-electron chi connectivity index (χ0n) is 9.67. The van der Waals surface area contributed by atoms with Crippen LogP contribution >= 0.6 is 0 Å². The fourth-order valence-electron chi connectivity index (χ4n) is 3.87. The van der Waals surface area contributed by atoms with Crippen molar-refractivity contribution in [3.05, 3.63) is 0 Å². The van der Waals surface area contributed by atoms with E-state index >= 15 is 0 Å².